The van der Waals surface area contributed by atoms with Crippen molar-refractivity contribution in [3.63, 3.8) is 0 Å². The number of hydrogen-bond acceptors (Lipinski definition) is 8. The monoisotopic (exact) mass is 653 g/mol. The van der Waals surface area contributed by atoms with Gasteiger partial charge < -0.3 is 24.1 Å². The number of nitrogens with one attached hydrogen (secondary N) is 2. The lowest BCUT2D eigenvalue weighted by Crippen LogP contribution is -2.54. The van der Waals surface area contributed by atoms with E-state index in [2.05, 4.69) is 26.8 Å². The minimum atomic E-state index is -1.36. The zero-order valence-electron chi connectivity index (χ0n) is 24.8. The van der Waals surface area contributed by atoms with Crippen molar-refractivity contribution in [3.05, 3.63) is 94.0 Å². The van der Waals surface area contributed by atoms with E-state index in [-0.39, 0.29) is 25.0 Å². The van der Waals surface area contributed by atoms with Crippen LogP contribution in [0.2, 0.25) is 0 Å². The van der Waals surface area contributed by atoms with Gasteiger partial charge in [-0.05, 0) is 73.9 Å². The number of nitrogens with zero attached hydrogens (tertiary/aromatic N) is 1. The molecule has 0 saturated carbocycles. The second-order valence-electron chi connectivity index (χ2n) is 10.5. The quantitative estimate of drug-likeness (QED) is 0.145. The van der Waals surface area contributed by atoms with Crippen molar-refractivity contribution in [2.45, 2.75) is 50.9 Å². The molecule has 1 aliphatic rings. The van der Waals surface area contributed by atoms with Gasteiger partial charge in [-0.15, -0.1) is 0 Å². The maximum atomic E-state index is 14.3. The van der Waals surface area contributed by atoms with Crippen LogP contribution in [0.25, 0.3) is 0 Å². The Hall–Kier alpha value is -3.44. The van der Waals surface area contributed by atoms with Gasteiger partial charge in [0, 0.05) is 42.6 Å². The van der Waals surface area contributed by atoms with Gasteiger partial charge in [-0.3, -0.25) is 10.2 Å². The first-order valence-electron chi connectivity index (χ1n) is 14.5. The van der Waals surface area contributed by atoms with E-state index in [1.807, 2.05) is 86.6 Å². The van der Waals surface area contributed by atoms with Crippen molar-refractivity contribution in [1.29, 1.82) is 0 Å². The fraction of sp³-hybridized carbons (Fsp3) is 0.394. The van der Waals surface area contributed by atoms with Crippen molar-refractivity contribution in [2.75, 3.05) is 33.5 Å². The Balaban J connectivity index is 1.70. The van der Waals surface area contributed by atoms with E-state index >= 15 is 0 Å². The van der Waals surface area contributed by atoms with E-state index < -0.39 is 11.6 Å². The van der Waals surface area contributed by atoms with Crippen molar-refractivity contribution in [1.82, 2.24) is 10.9 Å². The molecule has 9 nitrogen and oxygen atoms in total. The molecule has 10 heteroatoms. The Morgan fingerprint density at radius 1 is 1.05 bits per heavy atom. The van der Waals surface area contributed by atoms with Crippen LogP contribution in [0.5, 0.6) is 11.5 Å². The molecule has 0 aliphatic carbocycles. The molecule has 2 atom stereocenters. The highest BCUT2D eigenvalue weighted by molar-refractivity contribution is 9.10. The molecule has 3 aromatic rings. The van der Waals surface area contributed by atoms with Crippen LogP contribution in [-0.4, -0.2) is 62.0 Å². The summed E-state index contributed by atoms with van der Waals surface area (Å²) >= 11 is 3.66. The van der Waals surface area contributed by atoms with Crippen LogP contribution in [0.3, 0.4) is 0 Å². The molecule has 230 valence electrons. The molecule has 43 heavy (non-hydrogen) atoms. The van der Waals surface area contributed by atoms with E-state index in [0.29, 0.717) is 49.1 Å². The van der Waals surface area contributed by atoms with E-state index in [0.717, 1.165) is 22.0 Å². The van der Waals surface area contributed by atoms with E-state index in [1.165, 1.54) is 0 Å². The van der Waals surface area contributed by atoms with Crippen LogP contribution in [-0.2, 0) is 20.7 Å². The number of aliphatic hydroxyl groups excluding tert-OH is 1. The lowest BCUT2D eigenvalue weighted by molar-refractivity contribution is -0.130. The zero-order chi connectivity index (χ0) is 30.7. The summed E-state index contributed by atoms with van der Waals surface area (Å²) in [4.78, 5) is 19.3. The molecular formula is C33H40BrN3O6. The normalized spacial score (nSPS) is 17.8. The van der Waals surface area contributed by atoms with Crippen LogP contribution < -0.4 is 20.3 Å². The van der Waals surface area contributed by atoms with Gasteiger partial charge in [0.05, 0.1) is 19.8 Å². The molecule has 0 radical (unpaired) electrons. The van der Waals surface area contributed by atoms with Gasteiger partial charge in [0.25, 0.3) is 5.91 Å². The summed E-state index contributed by atoms with van der Waals surface area (Å²) in [5.74, 6) is 1.35. The molecule has 0 fully saturated rings. The molecule has 3 N–H and O–H groups in total. The second kappa shape index (κ2) is 15.9. The smallest absolute Gasteiger partial charge is 0.266 e. The first-order valence-corrected chi connectivity index (χ1v) is 15.3. The van der Waals surface area contributed by atoms with Crippen LogP contribution in [0, 0.1) is 0 Å². The minimum absolute atomic E-state index is 0.0661. The Kier molecular flexibility index (Phi) is 12.0. The van der Waals surface area contributed by atoms with Crippen LogP contribution in [0.15, 0.2) is 82.3 Å². The Morgan fingerprint density at radius 2 is 1.84 bits per heavy atom. The van der Waals surface area contributed by atoms with Gasteiger partial charge >= 0.3 is 0 Å². The number of hydrazine groups is 1. The van der Waals surface area contributed by atoms with Crippen molar-refractivity contribution < 1.29 is 28.8 Å². The van der Waals surface area contributed by atoms with Crippen molar-refractivity contribution in [3.8, 4) is 11.5 Å². The molecule has 1 amide bonds. The third-order valence-electron chi connectivity index (χ3n) is 6.94. The highest BCUT2D eigenvalue weighted by atomic mass is 79.9. The maximum Gasteiger partial charge on any atom is 0.266 e. The standard InChI is InChI=1S/C33H40BrN3O6/c1-23(2)41-19-7-17-35-37-32(39)33(22-26-9-4-5-12-29(26)34)30(25-10-6-11-28(21-25)40-3)43-31(36-33)24-13-15-27(16-14-24)42-20-8-18-38/h4-6,9-16,21,23,30,35,38H,7-8,17-20,22H2,1-3H3,(H,37,39)/t30-,33-/m0/s1. The summed E-state index contributed by atoms with van der Waals surface area (Å²) in [7, 11) is 1.61. The summed E-state index contributed by atoms with van der Waals surface area (Å²) in [6, 6.07) is 22.7. The van der Waals surface area contributed by atoms with Gasteiger partial charge in [-0.1, -0.05) is 46.3 Å². The summed E-state index contributed by atoms with van der Waals surface area (Å²) in [6.07, 6.45) is 0.941. The highest BCUT2D eigenvalue weighted by Gasteiger charge is 2.53. The average molecular weight is 655 g/mol. The number of amides is 1. The molecule has 0 unspecified atom stereocenters. The minimum Gasteiger partial charge on any atom is -0.497 e. The zero-order valence-corrected chi connectivity index (χ0v) is 26.4. The van der Waals surface area contributed by atoms with Crippen LogP contribution >= 0.6 is 15.9 Å². The van der Waals surface area contributed by atoms with Gasteiger partial charge in [0.15, 0.2) is 11.6 Å². The maximum absolute atomic E-state index is 14.3. The molecule has 1 heterocycles. The molecule has 1 aliphatic heterocycles. The number of aliphatic imine (C=N–C) groups is 1. The SMILES string of the molecule is COc1cccc([C@@H]2OC(c3ccc(OCCCO)cc3)=N[C@]2(Cc2ccccc2Br)C(=O)NNCCCOC(C)C)c1. The number of carbonyl (C=O) groups is 1. The highest BCUT2D eigenvalue weighted by Crippen LogP contribution is 2.44. The number of ether oxygens (including phenoxy) is 4. The van der Waals surface area contributed by atoms with Crippen LogP contribution in [0.1, 0.15) is 49.5 Å². The molecule has 3 aromatic carbocycles. The first kappa shape index (κ1) is 32.5. The molecule has 0 saturated heterocycles. The van der Waals surface area contributed by atoms with E-state index in [4.69, 9.17) is 29.0 Å². The first-order chi connectivity index (χ1) is 20.9. The van der Waals surface area contributed by atoms with Gasteiger partial charge in [-0.25, -0.2) is 10.4 Å². The summed E-state index contributed by atoms with van der Waals surface area (Å²) in [5, 5.41) is 9.05. The Labute approximate surface area is 261 Å². The number of methoxy groups -OCH3 is 1. The number of rotatable bonds is 16. The molecular weight excluding hydrogens is 614 g/mol. The number of halogens is 1. The lowest BCUT2D eigenvalue weighted by Gasteiger charge is -2.31. The van der Waals surface area contributed by atoms with E-state index in [9.17, 15) is 4.79 Å². The van der Waals surface area contributed by atoms with Gasteiger partial charge in [0.1, 0.15) is 11.5 Å². The second-order valence-corrected chi connectivity index (χ2v) is 11.3. The molecule has 0 spiro atoms. The Bertz CT molecular complexity index is 1370. The predicted octanol–water partition coefficient (Wildman–Crippen LogP) is 5.15. The lowest BCUT2D eigenvalue weighted by atomic mass is 9.82. The number of aliphatic hydroxyl groups is 1. The van der Waals surface area contributed by atoms with Crippen molar-refractivity contribution >= 4 is 27.7 Å². The number of benzene rings is 3. The average Bonchev–Trinajstić information content (AvgIpc) is 3.41. The third kappa shape index (κ3) is 8.57. The van der Waals surface area contributed by atoms with Gasteiger partial charge in [-0.2, -0.15) is 0 Å². The fourth-order valence-corrected chi connectivity index (χ4v) is 5.17. The number of carbonyl (C=O) groups excluding carboxylic acids is 1. The third-order valence-corrected chi connectivity index (χ3v) is 7.72. The Morgan fingerprint density at radius 3 is 2.56 bits per heavy atom. The molecule has 0 bridgehead atoms. The largest absolute Gasteiger partial charge is 0.497 e. The summed E-state index contributed by atoms with van der Waals surface area (Å²) in [5.41, 5.74) is 7.01. The molecule has 0 aromatic heterocycles. The van der Waals surface area contributed by atoms with Gasteiger partial charge in [0.2, 0.25) is 5.90 Å². The van der Waals surface area contributed by atoms with Crippen molar-refractivity contribution in [2.24, 2.45) is 4.99 Å². The summed E-state index contributed by atoms with van der Waals surface area (Å²) < 4.78 is 24.3. The topological polar surface area (TPSA) is 111 Å². The fourth-order valence-electron chi connectivity index (χ4n) is 4.75. The van der Waals surface area contributed by atoms with Crippen LogP contribution in [0.4, 0.5) is 0 Å². The number of hydrogen-bond donors (Lipinski definition) is 3. The predicted molar refractivity (Wildman–Crippen MR) is 169 cm³/mol. The molecule has 4 rings (SSSR count). The van der Waals surface area contributed by atoms with E-state index in [1.54, 1.807) is 7.11 Å². The summed E-state index contributed by atoms with van der Waals surface area (Å²) in [6.45, 7) is 5.58.